The summed E-state index contributed by atoms with van der Waals surface area (Å²) in [6.07, 6.45) is 6.53. The highest BCUT2D eigenvalue weighted by Gasteiger charge is 2.15. The van der Waals surface area contributed by atoms with E-state index in [0.29, 0.717) is 0 Å². The molecule has 0 spiro atoms. The minimum atomic E-state index is 0.899. The Bertz CT molecular complexity index is 375. The first-order valence-electron chi connectivity index (χ1n) is 7.06. The summed E-state index contributed by atoms with van der Waals surface area (Å²) in [4.78, 5) is 9.09. The molecule has 0 aromatic carbocycles. The Balaban J connectivity index is 1.98. The predicted molar refractivity (Wildman–Crippen MR) is 78.3 cm³/mol. The van der Waals surface area contributed by atoms with Gasteiger partial charge in [-0.15, -0.1) is 11.8 Å². The molecular weight excluding hydrogens is 242 g/mol. The van der Waals surface area contributed by atoms with Crippen molar-refractivity contribution >= 4 is 17.6 Å². The third kappa shape index (κ3) is 3.87. The first kappa shape index (κ1) is 13.7. The first-order chi connectivity index (χ1) is 8.81. The topological polar surface area (TPSA) is 37.8 Å². The maximum absolute atomic E-state index is 4.61. The van der Waals surface area contributed by atoms with Crippen molar-refractivity contribution in [3.63, 3.8) is 0 Å². The monoisotopic (exact) mass is 265 g/mol. The van der Waals surface area contributed by atoms with Crippen molar-refractivity contribution in [1.82, 2.24) is 9.97 Å². The van der Waals surface area contributed by atoms with Gasteiger partial charge in [0, 0.05) is 24.8 Å². The maximum atomic E-state index is 4.61. The van der Waals surface area contributed by atoms with Crippen LogP contribution in [0, 0.1) is 5.92 Å². The molecule has 0 radical (unpaired) electrons. The highest BCUT2D eigenvalue weighted by molar-refractivity contribution is 7.99. The highest BCUT2D eigenvalue weighted by atomic mass is 32.2. The number of aromatic nitrogens is 2. The summed E-state index contributed by atoms with van der Waals surface area (Å²) in [5.41, 5.74) is 0. The van der Waals surface area contributed by atoms with Gasteiger partial charge < -0.3 is 5.32 Å². The summed E-state index contributed by atoms with van der Waals surface area (Å²) in [5.74, 6) is 4.03. The molecule has 1 saturated carbocycles. The van der Waals surface area contributed by atoms with Gasteiger partial charge in [-0.2, -0.15) is 0 Å². The summed E-state index contributed by atoms with van der Waals surface area (Å²) < 4.78 is 0. The molecule has 0 unspecified atom stereocenters. The van der Waals surface area contributed by atoms with Crippen LogP contribution in [0.1, 0.15) is 45.4 Å². The van der Waals surface area contributed by atoms with Crippen LogP contribution in [-0.4, -0.2) is 22.3 Å². The number of hydrogen-bond acceptors (Lipinski definition) is 4. The lowest BCUT2D eigenvalue weighted by Gasteiger charge is -2.10. The zero-order valence-electron chi connectivity index (χ0n) is 11.4. The number of hydrogen-bond donors (Lipinski definition) is 1. The quantitative estimate of drug-likeness (QED) is 0.628. The molecule has 1 aromatic rings. The minimum Gasteiger partial charge on any atom is -0.370 e. The van der Waals surface area contributed by atoms with Gasteiger partial charge in [0.15, 0.2) is 0 Å². The van der Waals surface area contributed by atoms with Gasteiger partial charge in [-0.3, -0.25) is 0 Å². The van der Waals surface area contributed by atoms with Crippen LogP contribution in [0.3, 0.4) is 0 Å². The third-order valence-corrected chi connectivity index (χ3v) is 4.51. The van der Waals surface area contributed by atoms with E-state index in [1.165, 1.54) is 31.4 Å². The Hall–Kier alpha value is -0.770. The van der Waals surface area contributed by atoms with E-state index in [-0.39, 0.29) is 0 Å². The Morgan fingerprint density at radius 2 is 2.06 bits per heavy atom. The number of nitrogens with zero attached hydrogens (tertiary/aromatic N) is 2. The van der Waals surface area contributed by atoms with Gasteiger partial charge in [0.25, 0.3) is 0 Å². The van der Waals surface area contributed by atoms with E-state index in [1.54, 1.807) is 0 Å². The van der Waals surface area contributed by atoms with Crippen LogP contribution < -0.4 is 5.32 Å². The van der Waals surface area contributed by atoms with Crippen molar-refractivity contribution in [1.29, 1.82) is 0 Å². The number of aryl methyl sites for hydroxylation is 1. The minimum absolute atomic E-state index is 0.899. The standard InChI is InChI=1S/C14H23N3S/c1-3-12-16-13(15-4-2)9-14(17-12)18-10-11-7-5-6-8-11/h9,11H,3-8,10H2,1-2H3,(H,15,16,17). The van der Waals surface area contributed by atoms with E-state index in [4.69, 9.17) is 0 Å². The van der Waals surface area contributed by atoms with Crippen LogP contribution in [0.2, 0.25) is 0 Å². The molecule has 0 amide bonds. The van der Waals surface area contributed by atoms with Crippen molar-refractivity contribution in [2.24, 2.45) is 5.92 Å². The molecule has 1 fully saturated rings. The second-order valence-corrected chi connectivity index (χ2v) is 5.89. The van der Waals surface area contributed by atoms with Crippen molar-refractivity contribution in [2.75, 3.05) is 17.6 Å². The van der Waals surface area contributed by atoms with E-state index in [9.17, 15) is 0 Å². The van der Waals surface area contributed by atoms with E-state index < -0.39 is 0 Å². The fraction of sp³-hybridized carbons (Fsp3) is 0.714. The lowest BCUT2D eigenvalue weighted by atomic mass is 10.1. The lowest BCUT2D eigenvalue weighted by Crippen LogP contribution is -2.04. The molecule has 3 nitrogen and oxygen atoms in total. The summed E-state index contributed by atoms with van der Waals surface area (Å²) in [7, 11) is 0. The maximum Gasteiger partial charge on any atom is 0.131 e. The molecule has 1 aromatic heterocycles. The number of rotatable bonds is 6. The largest absolute Gasteiger partial charge is 0.370 e. The average Bonchev–Trinajstić information content (AvgIpc) is 2.89. The number of nitrogens with one attached hydrogen (secondary N) is 1. The normalized spacial score (nSPS) is 16.1. The van der Waals surface area contributed by atoms with Gasteiger partial charge in [-0.1, -0.05) is 19.8 Å². The molecule has 0 aliphatic heterocycles. The molecule has 1 aliphatic carbocycles. The van der Waals surface area contributed by atoms with E-state index in [1.807, 2.05) is 11.8 Å². The molecule has 1 N–H and O–H groups in total. The molecular formula is C14H23N3S. The summed E-state index contributed by atoms with van der Waals surface area (Å²) in [6.45, 7) is 5.11. The van der Waals surface area contributed by atoms with E-state index in [2.05, 4.69) is 35.2 Å². The zero-order valence-corrected chi connectivity index (χ0v) is 12.2. The SMILES string of the molecule is CCNc1cc(SCC2CCCC2)nc(CC)n1. The van der Waals surface area contributed by atoms with Gasteiger partial charge in [0.2, 0.25) is 0 Å². The molecule has 100 valence electrons. The van der Waals surface area contributed by atoms with Crippen LogP contribution in [0.5, 0.6) is 0 Å². The molecule has 18 heavy (non-hydrogen) atoms. The summed E-state index contributed by atoms with van der Waals surface area (Å²) in [6, 6.07) is 2.09. The predicted octanol–water partition coefficient (Wildman–Crippen LogP) is 3.75. The molecule has 0 atom stereocenters. The zero-order chi connectivity index (χ0) is 12.8. The first-order valence-corrected chi connectivity index (χ1v) is 8.05. The molecule has 1 aliphatic rings. The second-order valence-electron chi connectivity index (χ2n) is 4.85. The molecule has 4 heteroatoms. The van der Waals surface area contributed by atoms with Gasteiger partial charge in [-0.25, -0.2) is 9.97 Å². The smallest absolute Gasteiger partial charge is 0.131 e. The summed E-state index contributed by atoms with van der Waals surface area (Å²) >= 11 is 1.90. The Morgan fingerprint density at radius 1 is 1.28 bits per heavy atom. The number of thioether (sulfide) groups is 1. The van der Waals surface area contributed by atoms with Crippen LogP contribution in [0.4, 0.5) is 5.82 Å². The van der Waals surface area contributed by atoms with Crippen LogP contribution in [0.25, 0.3) is 0 Å². The second kappa shape index (κ2) is 6.98. The Morgan fingerprint density at radius 3 is 2.72 bits per heavy atom. The van der Waals surface area contributed by atoms with E-state index in [0.717, 1.165) is 35.6 Å². The van der Waals surface area contributed by atoms with Crippen LogP contribution >= 0.6 is 11.8 Å². The molecule has 0 bridgehead atoms. The molecule has 1 heterocycles. The van der Waals surface area contributed by atoms with Crippen molar-refractivity contribution in [3.8, 4) is 0 Å². The van der Waals surface area contributed by atoms with Gasteiger partial charge in [0.1, 0.15) is 16.7 Å². The Labute approximate surface area is 114 Å². The van der Waals surface area contributed by atoms with Gasteiger partial charge >= 0.3 is 0 Å². The lowest BCUT2D eigenvalue weighted by molar-refractivity contribution is 0.622. The average molecular weight is 265 g/mol. The number of anilines is 1. The van der Waals surface area contributed by atoms with Gasteiger partial charge in [-0.05, 0) is 25.7 Å². The Kier molecular flexibility index (Phi) is 5.29. The van der Waals surface area contributed by atoms with Gasteiger partial charge in [0.05, 0.1) is 0 Å². The fourth-order valence-electron chi connectivity index (χ4n) is 2.36. The van der Waals surface area contributed by atoms with E-state index >= 15 is 0 Å². The molecule has 2 rings (SSSR count). The van der Waals surface area contributed by atoms with Crippen molar-refractivity contribution in [3.05, 3.63) is 11.9 Å². The third-order valence-electron chi connectivity index (χ3n) is 3.36. The van der Waals surface area contributed by atoms with Crippen LogP contribution in [-0.2, 0) is 6.42 Å². The molecule has 0 saturated heterocycles. The van der Waals surface area contributed by atoms with Crippen LogP contribution in [0.15, 0.2) is 11.1 Å². The van der Waals surface area contributed by atoms with Crippen molar-refractivity contribution in [2.45, 2.75) is 51.0 Å². The summed E-state index contributed by atoms with van der Waals surface area (Å²) in [5, 5.41) is 4.42. The fourth-order valence-corrected chi connectivity index (χ4v) is 3.46. The van der Waals surface area contributed by atoms with Crippen molar-refractivity contribution < 1.29 is 0 Å². The highest BCUT2D eigenvalue weighted by Crippen LogP contribution is 2.30.